The van der Waals surface area contributed by atoms with Crippen molar-refractivity contribution in [2.24, 2.45) is 0 Å². The standard InChI is InChI=1S/C15H21N5O3/c1-2-23-15(22)20-9-7-19(8-10-20)14-16-6-5-12(18-14)13(21)17-11-3-4-11/h5-6,11H,2-4,7-10H2,1H3,(H,17,21). The van der Waals surface area contributed by atoms with Gasteiger partial charge in [-0.05, 0) is 25.8 Å². The fourth-order valence-electron chi connectivity index (χ4n) is 2.42. The Morgan fingerprint density at radius 3 is 2.70 bits per heavy atom. The van der Waals surface area contributed by atoms with Crippen molar-refractivity contribution in [3.05, 3.63) is 18.0 Å². The number of piperazine rings is 1. The molecule has 23 heavy (non-hydrogen) atoms. The largest absolute Gasteiger partial charge is 0.450 e. The molecule has 8 nitrogen and oxygen atoms in total. The summed E-state index contributed by atoms with van der Waals surface area (Å²) in [6.07, 6.45) is 3.39. The van der Waals surface area contributed by atoms with Crippen LogP contribution in [0.2, 0.25) is 0 Å². The number of amides is 2. The summed E-state index contributed by atoms with van der Waals surface area (Å²) in [5.74, 6) is 0.373. The van der Waals surface area contributed by atoms with Gasteiger partial charge in [0.05, 0.1) is 6.61 Å². The molecule has 1 aromatic rings. The molecule has 0 radical (unpaired) electrons. The minimum Gasteiger partial charge on any atom is -0.450 e. The Morgan fingerprint density at radius 1 is 1.30 bits per heavy atom. The number of hydrogen-bond donors (Lipinski definition) is 1. The number of nitrogens with zero attached hydrogens (tertiary/aromatic N) is 4. The fraction of sp³-hybridized carbons (Fsp3) is 0.600. The molecule has 2 fully saturated rings. The van der Waals surface area contributed by atoms with Crippen LogP contribution < -0.4 is 10.2 Å². The second-order valence-corrected chi connectivity index (χ2v) is 5.66. The van der Waals surface area contributed by atoms with E-state index in [4.69, 9.17) is 4.74 Å². The van der Waals surface area contributed by atoms with Crippen LogP contribution in [-0.2, 0) is 4.74 Å². The average molecular weight is 319 g/mol. The second kappa shape index (κ2) is 6.80. The molecule has 8 heteroatoms. The lowest BCUT2D eigenvalue weighted by molar-refractivity contribution is 0.0946. The lowest BCUT2D eigenvalue weighted by Gasteiger charge is -2.34. The molecule has 2 amide bonds. The Morgan fingerprint density at radius 2 is 2.04 bits per heavy atom. The van der Waals surface area contributed by atoms with Gasteiger partial charge in [-0.2, -0.15) is 0 Å². The summed E-state index contributed by atoms with van der Waals surface area (Å²) in [6.45, 7) is 4.51. The monoisotopic (exact) mass is 319 g/mol. The van der Waals surface area contributed by atoms with Crippen molar-refractivity contribution in [2.45, 2.75) is 25.8 Å². The maximum Gasteiger partial charge on any atom is 0.409 e. The van der Waals surface area contributed by atoms with Gasteiger partial charge in [-0.3, -0.25) is 4.79 Å². The lowest BCUT2D eigenvalue weighted by Crippen LogP contribution is -2.49. The van der Waals surface area contributed by atoms with Gasteiger partial charge in [-0.15, -0.1) is 0 Å². The van der Waals surface area contributed by atoms with E-state index < -0.39 is 0 Å². The first-order valence-electron chi connectivity index (χ1n) is 7.98. The number of hydrogen-bond acceptors (Lipinski definition) is 6. The summed E-state index contributed by atoms with van der Waals surface area (Å²) >= 11 is 0. The Balaban J connectivity index is 1.59. The lowest BCUT2D eigenvalue weighted by atomic mass is 10.3. The van der Waals surface area contributed by atoms with Gasteiger partial charge in [0, 0.05) is 38.4 Å². The molecule has 124 valence electrons. The Labute approximate surface area is 134 Å². The Hall–Kier alpha value is -2.38. The molecule has 1 saturated heterocycles. The third kappa shape index (κ3) is 3.88. The van der Waals surface area contributed by atoms with Gasteiger partial charge in [0.15, 0.2) is 0 Å². The summed E-state index contributed by atoms with van der Waals surface area (Å²) < 4.78 is 5.00. The van der Waals surface area contributed by atoms with E-state index in [0.29, 0.717) is 50.5 Å². The normalized spacial score (nSPS) is 17.8. The number of nitrogens with one attached hydrogen (secondary N) is 1. The van der Waals surface area contributed by atoms with E-state index in [1.165, 1.54) is 0 Å². The number of ether oxygens (including phenoxy) is 1. The molecule has 1 aliphatic heterocycles. The van der Waals surface area contributed by atoms with E-state index in [-0.39, 0.29) is 12.0 Å². The maximum atomic E-state index is 12.1. The molecular weight excluding hydrogens is 298 g/mol. The molecule has 0 bridgehead atoms. The summed E-state index contributed by atoms with van der Waals surface area (Å²) in [5.41, 5.74) is 0.384. The highest BCUT2D eigenvalue weighted by molar-refractivity contribution is 5.92. The predicted molar refractivity (Wildman–Crippen MR) is 83.3 cm³/mol. The molecule has 1 aromatic heterocycles. The van der Waals surface area contributed by atoms with E-state index in [1.807, 2.05) is 4.90 Å². The predicted octanol–water partition coefficient (Wildman–Crippen LogP) is 0.647. The number of aromatic nitrogens is 2. The van der Waals surface area contributed by atoms with E-state index in [0.717, 1.165) is 12.8 Å². The van der Waals surface area contributed by atoms with Crippen molar-refractivity contribution in [3.8, 4) is 0 Å². The summed E-state index contributed by atoms with van der Waals surface area (Å²) in [5, 5.41) is 2.92. The second-order valence-electron chi connectivity index (χ2n) is 5.66. The zero-order valence-corrected chi connectivity index (χ0v) is 13.2. The number of anilines is 1. The quantitative estimate of drug-likeness (QED) is 0.876. The van der Waals surface area contributed by atoms with E-state index in [9.17, 15) is 9.59 Å². The van der Waals surface area contributed by atoms with Gasteiger partial charge in [0.1, 0.15) is 5.69 Å². The summed E-state index contributed by atoms with van der Waals surface area (Å²) in [4.78, 5) is 36.0. The third-order valence-electron chi connectivity index (χ3n) is 3.88. The first kappa shape index (κ1) is 15.5. The van der Waals surface area contributed by atoms with Crippen molar-refractivity contribution in [1.82, 2.24) is 20.2 Å². The van der Waals surface area contributed by atoms with Crippen LogP contribution in [0.15, 0.2) is 12.3 Å². The van der Waals surface area contributed by atoms with Crippen LogP contribution in [0.25, 0.3) is 0 Å². The molecule has 2 aliphatic rings. The van der Waals surface area contributed by atoms with E-state index in [2.05, 4.69) is 15.3 Å². The molecule has 1 aliphatic carbocycles. The van der Waals surface area contributed by atoms with E-state index >= 15 is 0 Å². The first-order valence-corrected chi connectivity index (χ1v) is 7.98. The van der Waals surface area contributed by atoms with Crippen molar-refractivity contribution >= 4 is 17.9 Å². The minimum atomic E-state index is -0.286. The smallest absolute Gasteiger partial charge is 0.409 e. The minimum absolute atomic E-state index is 0.152. The number of rotatable bonds is 4. The van der Waals surface area contributed by atoms with Crippen LogP contribution in [-0.4, -0.2) is 65.7 Å². The van der Waals surface area contributed by atoms with Crippen LogP contribution >= 0.6 is 0 Å². The van der Waals surface area contributed by atoms with Crippen LogP contribution in [0.3, 0.4) is 0 Å². The molecule has 1 saturated carbocycles. The summed E-state index contributed by atoms with van der Waals surface area (Å²) in [7, 11) is 0. The van der Waals surface area contributed by atoms with Gasteiger partial charge in [-0.1, -0.05) is 0 Å². The molecule has 2 heterocycles. The van der Waals surface area contributed by atoms with Crippen molar-refractivity contribution in [1.29, 1.82) is 0 Å². The Kier molecular flexibility index (Phi) is 4.59. The van der Waals surface area contributed by atoms with Crippen molar-refractivity contribution in [2.75, 3.05) is 37.7 Å². The average Bonchev–Trinajstić information content (AvgIpc) is 3.39. The van der Waals surface area contributed by atoms with Gasteiger partial charge in [0.25, 0.3) is 5.91 Å². The third-order valence-corrected chi connectivity index (χ3v) is 3.88. The summed E-state index contributed by atoms with van der Waals surface area (Å²) in [6, 6.07) is 1.92. The van der Waals surface area contributed by atoms with Crippen molar-refractivity contribution in [3.63, 3.8) is 0 Å². The van der Waals surface area contributed by atoms with E-state index in [1.54, 1.807) is 24.1 Å². The first-order chi connectivity index (χ1) is 11.2. The molecule has 1 N–H and O–H groups in total. The number of carbonyl (C=O) groups excluding carboxylic acids is 2. The maximum absolute atomic E-state index is 12.1. The zero-order chi connectivity index (χ0) is 16.2. The fourth-order valence-corrected chi connectivity index (χ4v) is 2.42. The molecule has 0 aromatic carbocycles. The van der Waals surface area contributed by atoms with Gasteiger partial charge in [-0.25, -0.2) is 14.8 Å². The van der Waals surface area contributed by atoms with Crippen LogP contribution in [0.5, 0.6) is 0 Å². The molecule has 3 rings (SSSR count). The highest BCUT2D eigenvalue weighted by atomic mass is 16.6. The highest BCUT2D eigenvalue weighted by Gasteiger charge is 2.26. The SMILES string of the molecule is CCOC(=O)N1CCN(c2nccc(C(=O)NC3CC3)n2)CC1. The Bertz CT molecular complexity index is 582. The molecule has 0 atom stereocenters. The topological polar surface area (TPSA) is 87.7 Å². The molecular formula is C15H21N5O3. The van der Waals surface area contributed by atoms with Crippen molar-refractivity contribution < 1.29 is 14.3 Å². The van der Waals surface area contributed by atoms with Gasteiger partial charge >= 0.3 is 6.09 Å². The molecule has 0 unspecified atom stereocenters. The van der Waals surface area contributed by atoms with Crippen LogP contribution in [0, 0.1) is 0 Å². The zero-order valence-electron chi connectivity index (χ0n) is 13.2. The van der Waals surface area contributed by atoms with Gasteiger partial charge in [0.2, 0.25) is 5.95 Å². The number of carbonyl (C=O) groups is 2. The van der Waals surface area contributed by atoms with Gasteiger partial charge < -0.3 is 19.9 Å². The highest BCUT2D eigenvalue weighted by Crippen LogP contribution is 2.19. The molecule has 0 spiro atoms. The van der Waals surface area contributed by atoms with Crippen LogP contribution in [0.1, 0.15) is 30.3 Å². The van der Waals surface area contributed by atoms with Crippen LogP contribution in [0.4, 0.5) is 10.7 Å².